The molecular formula is C15H20FN3. The number of anilines is 2. The Hall–Kier alpha value is -1.84. The van der Waals surface area contributed by atoms with Crippen molar-refractivity contribution in [2.24, 2.45) is 0 Å². The number of nitrogens with two attached hydrogens (primary N) is 1. The van der Waals surface area contributed by atoms with Crippen molar-refractivity contribution >= 4 is 22.3 Å². The van der Waals surface area contributed by atoms with Gasteiger partial charge < -0.3 is 10.6 Å². The summed E-state index contributed by atoms with van der Waals surface area (Å²) in [5, 5.41) is 0.806. The lowest BCUT2D eigenvalue weighted by Gasteiger charge is -2.30. The molecule has 19 heavy (non-hydrogen) atoms. The summed E-state index contributed by atoms with van der Waals surface area (Å²) in [7, 11) is 0. The van der Waals surface area contributed by atoms with Gasteiger partial charge in [0.15, 0.2) is 5.82 Å². The quantitative estimate of drug-likeness (QED) is 0.855. The van der Waals surface area contributed by atoms with Crippen molar-refractivity contribution in [3.8, 4) is 0 Å². The molecule has 0 saturated heterocycles. The lowest BCUT2D eigenvalue weighted by molar-refractivity contribution is 0.599. The Morgan fingerprint density at radius 3 is 2.79 bits per heavy atom. The van der Waals surface area contributed by atoms with Gasteiger partial charge >= 0.3 is 0 Å². The SMILES string of the molecule is CCCN(c1c(F)cc(N)c2cccnc12)C(C)C. The second-order valence-electron chi connectivity index (χ2n) is 4.98. The molecule has 0 amide bonds. The van der Waals surface area contributed by atoms with Gasteiger partial charge in [-0.1, -0.05) is 6.92 Å². The van der Waals surface area contributed by atoms with Crippen LogP contribution in [0.4, 0.5) is 15.8 Å². The number of rotatable bonds is 4. The zero-order valence-electron chi connectivity index (χ0n) is 11.7. The highest BCUT2D eigenvalue weighted by Gasteiger charge is 2.19. The molecule has 3 nitrogen and oxygen atoms in total. The van der Waals surface area contributed by atoms with Crippen molar-refractivity contribution in [2.75, 3.05) is 17.2 Å². The molecule has 0 bridgehead atoms. The first-order chi connectivity index (χ1) is 9.06. The molecule has 0 spiro atoms. The van der Waals surface area contributed by atoms with Crippen LogP contribution >= 0.6 is 0 Å². The number of pyridine rings is 1. The van der Waals surface area contributed by atoms with Gasteiger partial charge in [0.25, 0.3) is 0 Å². The summed E-state index contributed by atoms with van der Waals surface area (Å²) in [5.74, 6) is -0.300. The molecule has 0 aliphatic heterocycles. The van der Waals surface area contributed by atoms with Gasteiger partial charge in [-0.25, -0.2) is 4.39 Å². The smallest absolute Gasteiger partial charge is 0.150 e. The standard InChI is InChI=1S/C15H20FN3/c1-4-8-19(10(2)3)15-12(16)9-13(17)11-6-5-7-18-14(11)15/h5-7,9-10H,4,8,17H2,1-3H3. The summed E-state index contributed by atoms with van der Waals surface area (Å²) in [6, 6.07) is 5.30. The molecule has 0 aliphatic carbocycles. The molecule has 4 heteroatoms. The van der Waals surface area contributed by atoms with Gasteiger partial charge in [-0.3, -0.25) is 4.98 Å². The van der Waals surface area contributed by atoms with E-state index in [0.717, 1.165) is 18.4 Å². The zero-order chi connectivity index (χ0) is 14.0. The first-order valence-corrected chi connectivity index (χ1v) is 6.65. The van der Waals surface area contributed by atoms with Gasteiger partial charge in [0, 0.05) is 29.9 Å². The predicted molar refractivity (Wildman–Crippen MR) is 78.9 cm³/mol. The van der Waals surface area contributed by atoms with Gasteiger partial charge in [-0.05, 0) is 38.5 Å². The van der Waals surface area contributed by atoms with Crippen molar-refractivity contribution in [1.29, 1.82) is 0 Å². The number of hydrogen-bond donors (Lipinski definition) is 1. The van der Waals surface area contributed by atoms with Gasteiger partial charge in [0.05, 0.1) is 5.52 Å². The molecule has 0 fully saturated rings. The number of nitrogen functional groups attached to an aromatic ring is 1. The van der Waals surface area contributed by atoms with E-state index >= 15 is 0 Å². The van der Waals surface area contributed by atoms with E-state index in [9.17, 15) is 4.39 Å². The molecule has 1 aromatic heterocycles. The molecular weight excluding hydrogens is 241 g/mol. The van der Waals surface area contributed by atoms with E-state index in [1.54, 1.807) is 6.20 Å². The topological polar surface area (TPSA) is 42.1 Å². The Balaban J connectivity index is 2.70. The summed E-state index contributed by atoms with van der Waals surface area (Å²) >= 11 is 0. The predicted octanol–water partition coefficient (Wildman–Crippen LogP) is 3.58. The van der Waals surface area contributed by atoms with E-state index in [1.807, 2.05) is 17.0 Å². The largest absolute Gasteiger partial charge is 0.398 e. The third-order valence-electron chi connectivity index (χ3n) is 3.23. The minimum atomic E-state index is -0.300. The minimum Gasteiger partial charge on any atom is -0.398 e. The molecule has 1 heterocycles. The van der Waals surface area contributed by atoms with Crippen LogP contribution in [0, 0.1) is 5.82 Å². The highest BCUT2D eigenvalue weighted by atomic mass is 19.1. The lowest BCUT2D eigenvalue weighted by Crippen LogP contribution is -2.32. The van der Waals surface area contributed by atoms with Gasteiger partial charge in [-0.15, -0.1) is 0 Å². The second-order valence-corrected chi connectivity index (χ2v) is 4.98. The monoisotopic (exact) mass is 261 g/mol. The Bertz CT molecular complexity index is 581. The number of halogens is 1. The Labute approximate surface area is 113 Å². The normalized spacial score (nSPS) is 11.2. The molecule has 0 unspecified atom stereocenters. The molecule has 2 N–H and O–H groups in total. The van der Waals surface area contributed by atoms with Crippen LogP contribution in [-0.4, -0.2) is 17.6 Å². The fourth-order valence-corrected chi connectivity index (χ4v) is 2.37. The number of aromatic nitrogens is 1. The van der Waals surface area contributed by atoms with Crippen LogP contribution < -0.4 is 10.6 Å². The van der Waals surface area contributed by atoms with Crippen LogP contribution in [0.2, 0.25) is 0 Å². The van der Waals surface area contributed by atoms with E-state index in [0.29, 0.717) is 16.9 Å². The molecule has 0 saturated carbocycles. The molecule has 1 aromatic carbocycles. The second kappa shape index (κ2) is 5.43. The maximum absolute atomic E-state index is 14.4. The number of hydrogen-bond acceptors (Lipinski definition) is 3. The summed E-state index contributed by atoms with van der Waals surface area (Å²) in [4.78, 5) is 6.37. The van der Waals surface area contributed by atoms with Crippen molar-refractivity contribution in [1.82, 2.24) is 4.98 Å². The van der Waals surface area contributed by atoms with Crippen LogP contribution in [0.1, 0.15) is 27.2 Å². The minimum absolute atomic E-state index is 0.211. The van der Waals surface area contributed by atoms with E-state index in [-0.39, 0.29) is 11.9 Å². The number of benzene rings is 1. The first-order valence-electron chi connectivity index (χ1n) is 6.65. The lowest BCUT2D eigenvalue weighted by atomic mass is 10.1. The van der Waals surface area contributed by atoms with Crippen LogP contribution in [0.15, 0.2) is 24.4 Å². The van der Waals surface area contributed by atoms with Crippen molar-refractivity contribution in [3.63, 3.8) is 0 Å². The molecule has 0 atom stereocenters. The Kier molecular flexibility index (Phi) is 3.88. The summed E-state index contributed by atoms with van der Waals surface area (Å²) in [6.45, 7) is 6.99. The summed E-state index contributed by atoms with van der Waals surface area (Å²) in [5.41, 5.74) is 7.51. The Morgan fingerprint density at radius 2 is 2.16 bits per heavy atom. The highest BCUT2D eigenvalue weighted by molar-refractivity contribution is 5.99. The fourth-order valence-electron chi connectivity index (χ4n) is 2.37. The van der Waals surface area contributed by atoms with Crippen LogP contribution in [-0.2, 0) is 0 Å². The van der Waals surface area contributed by atoms with E-state index < -0.39 is 0 Å². The molecule has 0 radical (unpaired) electrons. The van der Waals surface area contributed by atoms with Crippen LogP contribution in [0.25, 0.3) is 10.9 Å². The number of nitrogens with zero attached hydrogens (tertiary/aromatic N) is 2. The highest BCUT2D eigenvalue weighted by Crippen LogP contribution is 2.33. The van der Waals surface area contributed by atoms with Gasteiger partial charge in [0.2, 0.25) is 0 Å². The molecule has 0 aliphatic rings. The van der Waals surface area contributed by atoms with Crippen LogP contribution in [0.5, 0.6) is 0 Å². The summed E-state index contributed by atoms with van der Waals surface area (Å²) < 4.78 is 14.4. The third-order valence-corrected chi connectivity index (χ3v) is 3.23. The van der Waals surface area contributed by atoms with E-state index in [2.05, 4.69) is 25.8 Å². The van der Waals surface area contributed by atoms with Gasteiger partial charge in [0.1, 0.15) is 5.69 Å². The van der Waals surface area contributed by atoms with Crippen LogP contribution in [0.3, 0.4) is 0 Å². The van der Waals surface area contributed by atoms with Crippen molar-refractivity contribution in [2.45, 2.75) is 33.2 Å². The third kappa shape index (κ3) is 2.48. The molecule has 2 aromatic rings. The molecule has 102 valence electrons. The maximum Gasteiger partial charge on any atom is 0.150 e. The average Bonchev–Trinajstić information content (AvgIpc) is 2.37. The van der Waals surface area contributed by atoms with Crippen molar-refractivity contribution in [3.05, 3.63) is 30.2 Å². The van der Waals surface area contributed by atoms with Gasteiger partial charge in [-0.2, -0.15) is 0 Å². The van der Waals surface area contributed by atoms with Crippen molar-refractivity contribution < 1.29 is 4.39 Å². The van der Waals surface area contributed by atoms with E-state index in [1.165, 1.54) is 6.07 Å². The zero-order valence-corrected chi connectivity index (χ0v) is 11.7. The average molecular weight is 261 g/mol. The number of fused-ring (bicyclic) bond motifs is 1. The Morgan fingerprint density at radius 1 is 1.42 bits per heavy atom. The molecule has 2 rings (SSSR count). The summed E-state index contributed by atoms with van der Waals surface area (Å²) in [6.07, 6.45) is 2.63. The fraction of sp³-hybridized carbons (Fsp3) is 0.400. The van der Waals surface area contributed by atoms with E-state index in [4.69, 9.17) is 5.73 Å². The maximum atomic E-state index is 14.4. The first kappa shape index (κ1) is 13.6.